The minimum absolute atomic E-state index is 0.140. The van der Waals surface area contributed by atoms with Gasteiger partial charge in [-0.2, -0.15) is 0 Å². The summed E-state index contributed by atoms with van der Waals surface area (Å²) in [5, 5.41) is 1.07. The van der Waals surface area contributed by atoms with E-state index in [1.807, 2.05) is 0 Å². The monoisotopic (exact) mass is 306 g/mol. The van der Waals surface area contributed by atoms with Crippen molar-refractivity contribution < 1.29 is 0 Å². The Labute approximate surface area is 128 Å². The number of aromatic amines is 1. The molecular formula is C15H19ClN4O. The van der Waals surface area contributed by atoms with Gasteiger partial charge >= 0.3 is 0 Å². The van der Waals surface area contributed by atoms with Gasteiger partial charge < -0.3 is 10.7 Å². The minimum Gasteiger partial charge on any atom is -0.328 e. The normalized spacial score (nSPS) is 23.6. The number of halogens is 1. The lowest BCUT2D eigenvalue weighted by atomic mass is 9.99. The number of nitrogens with two attached hydrogens (primary N) is 1. The van der Waals surface area contributed by atoms with E-state index in [4.69, 9.17) is 17.3 Å². The van der Waals surface area contributed by atoms with Gasteiger partial charge in [-0.3, -0.25) is 9.69 Å². The van der Waals surface area contributed by atoms with Crippen LogP contribution in [-0.4, -0.2) is 33.5 Å². The Kier molecular flexibility index (Phi) is 3.97. The fraction of sp³-hybridized carbons (Fsp3) is 0.467. The van der Waals surface area contributed by atoms with E-state index in [-0.39, 0.29) is 11.6 Å². The number of hydrogen-bond acceptors (Lipinski definition) is 4. The molecule has 1 aromatic heterocycles. The number of likely N-dealkylation sites (tertiary alicyclic amines) is 1. The van der Waals surface area contributed by atoms with Crippen LogP contribution in [0, 0.1) is 0 Å². The Morgan fingerprint density at radius 1 is 1.52 bits per heavy atom. The molecular weight excluding hydrogens is 288 g/mol. The molecule has 0 radical (unpaired) electrons. The second-order valence-corrected chi connectivity index (χ2v) is 6.21. The van der Waals surface area contributed by atoms with Gasteiger partial charge in [0, 0.05) is 23.7 Å². The number of fused-ring (bicyclic) bond motifs is 1. The van der Waals surface area contributed by atoms with Crippen molar-refractivity contribution in [3.05, 3.63) is 39.4 Å². The van der Waals surface area contributed by atoms with Crippen molar-refractivity contribution >= 4 is 22.5 Å². The molecule has 1 aliphatic heterocycles. The lowest BCUT2D eigenvalue weighted by Crippen LogP contribution is -2.45. The van der Waals surface area contributed by atoms with Crippen LogP contribution in [0.1, 0.15) is 25.6 Å². The summed E-state index contributed by atoms with van der Waals surface area (Å²) in [6, 6.07) is 5.87. The standard InChI is InChI=1S/C15H19ClN4O/c1-9-6-11(17)4-5-20(9)8-14-18-13-3-2-10(16)7-12(13)15(21)19-14/h2-3,7,9,11H,4-6,8,17H2,1H3,(H,18,19,21). The highest BCUT2D eigenvalue weighted by atomic mass is 35.5. The first-order valence-corrected chi connectivity index (χ1v) is 7.59. The molecule has 2 atom stereocenters. The molecule has 0 amide bonds. The van der Waals surface area contributed by atoms with Gasteiger partial charge in [0.1, 0.15) is 5.82 Å². The third-order valence-electron chi connectivity index (χ3n) is 4.12. The number of hydrogen-bond donors (Lipinski definition) is 2. The largest absolute Gasteiger partial charge is 0.328 e. The van der Waals surface area contributed by atoms with Crippen molar-refractivity contribution in [3.63, 3.8) is 0 Å². The first-order chi connectivity index (χ1) is 10.0. The van der Waals surface area contributed by atoms with Crippen molar-refractivity contribution in [1.82, 2.24) is 14.9 Å². The van der Waals surface area contributed by atoms with E-state index in [2.05, 4.69) is 21.8 Å². The van der Waals surface area contributed by atoms with Crippen molar-refractivity contribution in [2.45, 2.75) is 38.4 Å². The highest BCUT2D eigenvalue weighted by Crippen LogP contribution is 2.19. The lowest BCUT2D eigenvalue weighted by Gasteiger charge is -2.35. The predicted molar refractivity (Wildman–Crippen MR) is 84.5 cm³/mol. The van der Waals surface area contributed by atoms with Gasteiger partial charge in [-0.25, -0.2) is 4.98 Å². The third kappa shape index (κ3) is 3.10. The van der Waals surface area contributed by atoms with Gasteiger partial charge in [0.2, 0.25) is 0 Å². The van der Waals surface area contributed by atoms with Crippen molar-refractivity contribution in [3.8, 4) is 0 Å². The first-order valence-electron chi connectivity index (χ1n) is 7.21. The number of H-pyrrole nitrogens is 1. The van der Waals surface area contributed by atoms with E-state index in [9.17, 15) is 4.79 Å². The third-order valence-corrected chi connectivity index (χ3v) is 4.36. The summed E-state index contributed by atoms with van der Waals surface area (Å²) < 4.78 is 0. The summed E-state index contributed by atoms with van der Waals surface area (Å²) >= 11 is 5.92. The van der Waals surface area contributed by atoms with Crippen LogP contribution in [0.3, 0.4) is 0 Å². The molecule has 1 saturated heterocycles. The molecule has 2 aromatic rings. The fourth-order valence-corrected chi connectivity index (χ4v) is 3.09. The number of nitrogens with one attached hydrogen (secondary N) is 1. The smallest absolute Gasteiger partial charge is 0.258 e. The molecule has 0 saturated carbocycles. The lowest BCUT2D eigenvalue weighted by molar-refractivity contribution is 0.136. The highest BCUT2D eigenvalue weighted by Gasteiger charge is 2.23. The van der Waals surface area contributed by atoms with Crippen LogP contribution in [0.2, 0.25) is 5.02 Å². The van der Waals surface area contributed by atoms with Crippen molar-refractivity contribution in [1.29, 1.82) is 0 Å². The maximum Gasteiger partial charge on any atom is 0.258 e. The molecule has 3 N–H and O–H groups in total. The molecule has 0 spiro atoms. The molecule has 6 heteroatoms. The number of benzene rings is 1. The van der Waals surface area contributed by atoms with Gasteiger partial charge in [0.05, 0.1) is 17.4 Å². The molecule has 112 valence electrons. The molecule has 0 aliphatic carbocycles. The number of nitrogens with zero attached hydrogens (tertiary/aromatic N) is 2. The van der Waals surface area contributed by atoms with E-state index < -0.39 is 0 Å². The summed E-state index contributed by atoms with van der Waals surface area (Å²) in [4.78, 5) is 21.8. The van der Waals surface area contributed by atoms with Gasteiger partial charge in [-0.05, 0) is 38.0 Å². The molecule has 0 bridgehead atoms. The summed E-state index contributed by atoms with van der Waals surface area (Å²) in [6.45, 7) is 3.74. The highest BCUT2D eigenvalue weighted by molar-refractivity contribution is 6.31. The average Bonchev–Trinajstić information content (AvgIpc) is 2.43. The summed E-state index contributed by atoms with van der Waals surface area (Å²) in [5.74, 6) is 0.692. The molecule has 3 rings (SSSR count). The summed E-state index contributed by atoms with van der Waals surface area (Å²) in [5.41, 5.74) is 6.52. The van der Waals surface area contributed by atoms with E-state index >= 15 is 0 Å². The molecule has 5 nitrogen and oxygen atoms in total. The van der Waals surface area contributed by atoms with Crippen LogP contribution < -0.4 is 11.3 Å². The second-order valence-electron chi connectivity index (χ2n) is 5.78. The number of rotatable bonds is 2. The topological polar surface area (TPSA) is 75.0 Å². The van der Waals surface area contributed by atoms with Gasteiger partial charge in [0.15, 0.2) is 0 Å². The number of aromatic nitrogens is 2. The molecule has 1 fully saturated rings. The SMILES string of the molecule is CC1CC(N)CCN1Cc1nc2ccc(Cl)cc2c(=O)[nH]1. The summed E-state index contributed by atoms with van der Waals surface area (Å²) in [7, 11) is 0. The van der Waals surface area contributed by atoms with E-state index in [1.165, 1.54) is 0 Å². The predicted octanol–water partition coefficient (Wildman–Crippen LogP) is 1.89. The van der Waals surface area contributed by atoms with Crippen LogP contribution in [0.5, 0.6) is 0 Å². The van der Waals surface area contributed by atoms with Gasteiger partial charge in [-0.15, -0.1) is 0 Å². The van der Waals surface area contributed by atoms with Crippen molar-refractivity contribution in [2.75, 3.05) is 6.54 Å². The van der Waals surface area contributed by atoms with E-state index in [0.717, 1.165) is 19.4 Å². The maximum atomic E-state index is 12.1. The number of piperidine rings is 1. The Balaban J connectivity index is 1.88. The van der Waals surface area contributed by atoms with Crippen LogP contribution >= 0.6 is 11.6 Å². The van der Waals surface area contributed by atoms with E-state index in [1.54, 1.807) is 18.2 Å². The Bertz CT molecular complexity index is 714. The molecule has 2 heterocycles. The molecule has 1 aromatic carbocycles. The molecule has 21 heavy (non-hydrogen) atoms. The quantitative estimate of drug-likeness (QED) is 0.888. The van der Waals surface area contributed by atoms with Gasteiger partial charge in [-0.1, -0.05) is 11.6 Å². The fourth-order valence-electron chi connectivity index (χ4n) is 2.92. The van der Waals surface area contributed by atoms with Crippen molar-refractivity contribution in [2.24, 2.45) is 5.73 Å². The molecule has 2 unspecified atom stereocenters. The Hall–Kier alpha value is -1.43. The maximum absolute atomic E-state index is 12.1. The average molecular weight is 307 g/mol. The van der Waals surface area contributed by atoms with E-state index in [0.29, 0.717) is 34.3 Å². The van der Waals surface area contributed by atoms with Crippen LogP contribution in [0.15, 0.2) is 23.0 Å². The Morgan fingerprint density at radius 3 is 3.10 bits per heavy atom. The first kappa shape index (κ1) is 14.5. The Morgan fingerprint density at radius 2 is 2.33 bits per heavy atom. The van der Waals surface area contributed by atoms with Crippen LogP contribution in [0.4, 0.5) is 0 Å². The van der Waals surface area contributed by atoms with Crippen LogP contribution in [-0.2, 0) is 6.54 Å². The zero-order valence-corrected chi connectivity index (χ0v) is 12.7. The minimum atomic E-state index is -0.140. The molecule has 1 aliphatic rings. The zero-order chi connectivity index (χ0) is 15.0. The second kappa shape index (κ2) is 5.75. The zero-order valence-electron chi connectivity index (χ0n) is 12.0. The van der Waals surface area contributed by atoms with Gasteiger partial charge in [0.25, 0.3) is 5.56 Å². The van der Waals surface area contributed by atoms with Crippen LogP contribution in [0.25, 0.3) is 10.9 Å². The summed E-state index contributed by atoms with van der Waals surface area (Å²) in [6.07, 6.45) is 1.96.